The molecule has 0 fully saturated rings. The maximum atomic E-state index is 12.5. The van der Waals surface area contributed by atoms with Crippen molar-refractivity contribution < 1.29 is 62.1 Å². The SMILES string of the molecule is COc1c(Br)cc(Br)cc1C=NCc1ccc(C(F)(F)F)cc1.COc1ccc(C)cc1Cc1cc(C)cc(Cc2cc(C)ccc2O)c1OC.COc1ccc(Cl)cc1Cc1cc(Cl)cc(Cc2cc(C)ccc2O)c1OC.Cc1cc(O)c(C=NCc2ccccn2)cc1C.O=C(NCc1ccccc1)c1cc(Br)cc(Br)c1O. The maximum absolute atomic E-state index is 12.5. The summed E-state index contributed by atoms with van der Waals surface area (Å²) in [7, 11) is 8.24. The van der Waals surface area contributed by atoms with Crippen molar-refractivity contribution in [2.24, 2.45) is 9.98 Å². The number of nitrogens with one attached hydrogen (secondary N) is 1. The van der Waals surface area contributed by atoms with Gasteiger partial charge < -0.3 is 49.4 Å². The number of benzene rings is 11. The Bertz CT molecular complexity index is 5250. The minimum atomic E-state index is -4.32. The molecule has 0 bridgehead atoms. The van der Waals surface area contributed by atoms with Crippen LogP contribution in [0.15, 0.2) is 240 Å². The number of aryl methyl sites for hydroxylation is 6. The first-order chi connectivity index (χ1) is 55.4. The van der Waals surface area contributed by atoms with Crippen molar-refractivity contribution in [2.45, 2.75) is 93.0 Å². The van der Waals surface area contributed by atoms with Gasteiger partial charge in [0.2, 0.25) is 0 Å². The average Bonchev–Trinajstić information content (AvgIpc) is 0.804. The molecule has 0 spiro atoms. The van der Waals surface area contributed by atoms with E-state index in [-0.39, 0.29) is 35.3 Å². The predicted octanol–water partition coefficient (Wildman–Crippen LogP) is 24.5. The molecule has 14 nitrogen and oxygen atoms in total. The number of nitrogens with zero attached hydrogens (tertiary/aromatic N) is 3. The Morgan fingerprint density at radius 2 is 0.922 bits per heavy atom. The first kappa shape index (κ1) is 91.4. The lowest BCUT2D eigenvalue weighted by Gasteiger charge is -2.17. The number of halogens is 9. The van der Waals surface area contributed by atoms with Crippen LogP contribution in [-0.2, 0) is 51.5 Å². The Kier molecular flexibility index (Phi) is 34.9. The van der Waals surface area contributed by atoms with Gasteiger partial charge in [0, 0.05) is 97.7 Å². The van der Waals surface area contributed by atoms with Crippen LogP contribution in [0.4, 0.5) is 13.2 Å². The number of aromatic nitrogens is 1. The molecule has 11 aromatic carbocycles. The van der Waals surface area contributed by atoms with Gasteiger partial charge in [-0.15, -0.1) is 0 Å². The molecule has 604 valence electrons. The number of pyridine rings is 1. The maximum Gasteiger partial charge on any atom is 0.416 e. The molecular weight excluding hydrogens is 1780 g/mol. The highest BCUT2D eigenvalue weighted by Crippen LogP contribution is 2.39. The fourth-order valence-electron chi connectivity index (χ4n) is 12.4. The highest BCUT2D eigenvalue weighted by atomic mass is 79.9. The Hall–Kier alpha value is -10.1. The summed E-state index contributed by atoms with van der Waals surface area (Å²) in [4.78, 5) is 24.8. The van der Waals surface area contributed by atoms with E-state index in [2.05, 4.69) is 122 Å². The number of methoxy groups -OCH3 is 5. The van der Waals surface area contributed by atoms with Crippen LogP contribution < -0.4 is 29.0 Å². The number of carbonyl (C=O) groups is 1. The van der Waals surface area contributed by atoms with Crippen LogP contribution in [0.2, 0.25) is 10.0 Å². The summed E-state index contributed by atoms with van der Waals surface area (Å²) in [6, 6.07) is 62.0. The zero-order chi connectivity index (χ0) is 84.3. The van der Waals surface area contributed by atoms with E-state index in [1.807, 2.05) is 149 Å². The minimum absolute atomic E-state index is 0.0613. The van der Waals surface area contributed by atoms with E-state index in [0.29, 0.717) is 63.9 Å². The first-order valence-electron chi connectivity index (χ1n) is 36.3. The highest BCUT2D eigenvalue weighted by Gasteiger charge is 2.30. The van der Waals surface area contributed by atoms with Crippen LogP contribution in [0.1, 0.15) is 122 Å². The Morgan fingerprint density at radius 3 is 1.47 bits per heavy atom. The standard InChI is InChI=1S/C25H28O3.C23H22Cl2O3.C16H12Br2F3NO.C15H16N2O.C14H11Br2NO2/c1-16-6-8-23(26)19(10-16)14-21-12-18(3)13-22(25(21)28-5)15-20-11-17(2)7-9-24(20)27-4;1-14-4-6-21(26)15(8-14)9-17-12-20(25)13-18(23(17)28-3)10-16-11-19(24)5-7-22(16)27-2;1-23-15-11(6-13(17)7-14(15)18)9-22-8-10-2-4-12(5-3-10)16(19,20)21;1-11-7-13(15(18)8-12(11)2)9-16-10-14-5-3-4-6-17-14;15-10-6-11(13(18)12(16)7-10)14(19)17-8-9-4-2-1-3-5-9/h6-13,26H,14-15H2,1-5H3;4-8,11-13,26H,9-10H2,1-3H3;2-7,9H,8H2,1H3;3-9,18H,10H2,1-2H3;1-7,18H,8H2,(H,17,19). The smallest absolute Gasteiger partial charge is 0.416 e. The highest BCUT2D eigenvalue weighted by molar-refractivity contribution is 9.11. The Labute approximate surface area is 719 Å². The van der Waals surface area contributed by atoms with Crippen molar-refractivity contribution in [3.63, 3.8) is 0 Å². The van der Waals surface area contributed by atoms with Gasteiger partial charge in [0.1, 0.15) is 51.7 Å². The van der Waals surface area contributed by atoms with E-state index in [1.54, 1.807) is 90.6 Å². The summed E-state index contributed by atoms with van der Waals surface area (Å²) in [5.74, 6) is 4.35. The molecule has 1 heterocycles. The number of rotatable bonds is 22. The molecule has 0 radical (unpaired) electrons. The van der Waals surface area contributed by atoms with Crippen molar-refractivity contribution in [2.75, 3.05) is 35.5 Å². The van der Waals surface area contributed by atoms with Gasteiger partial charge in [0.05, 0.1) is 74.4 Å². The molecule has 0 aliphatic heterocycles. The molecule has 0 aliphatic carbocycles. The summed E-state index contributed by atoms with van der Waals surface area (Å²) in [5, 5.41) is 44.2. The average molecular weight is 1870 g/mol. The van der Waals surface area contributed by atoms with Crippen LogP contribution in [-0.4, -0.2) is 79.3 Å². The van der Waals surface area contributed by atoms with E-state index in [4.69, 9.17) is 46.9 Å². The van der Waals surface area contributed by atoms with Gasteiger partial charge in [-0.25, -0.2) is 0 Å². The number of amides is 1. The van der Waals surface area contributed by atoms with Gasteiger partial charge in [0.15, 0.2) is 0 Å². The fourth-order valence-corrected chi connectivity index (χ4v) is 15.5. The van der Waals surface area contributed by atoms with Gasteiger partial charge in [0.25, 0.3) is 5.91 Å². The van der Waals surface area contributed by atoms with Crippen LogP contribution in [0.5, 0.6) is 51.7 Å². The molecular formula is C93H89Br4Cl2F3N4O10. The topological polar surface area (TPSA) is 194 Å². The number of alkyl halides is 3. The molecule has 0 atom stereocenters. The van der Waals surface area contributed by atoms with Gasteiger partial charge in [-0.05, 0) is 233 Å². The summed E-state index contributed by atoms with van der Waals surface area (Å²) < 4.78 is 68.2. The van der Waals surface area contributed by atoms with Crippen molar-refractivity contribution in [3.8, 4) is 51.7 Å². The molecule has 1 amide bonds. The lowest BCUT2D eigenvalue weighted by molar-refractivity contribution is -0.137. The zero-order valence-corrected chi connectivity index (χ0v) is 73.6. The second kappa shape index (κ2) is 44.3. The third kappa shape index (κ3) is 27.2. The molecule has 0 unspecified atom stereocenters. The number of hydrogen-bond acceptors (Lipinski definition) is 13. The van der Waals surface area contributed by atoms with E-state index in [9.17, 15) is 38.4 Å². The van der Waals surface area contributed by atoms with Crippen molar-refractivity contribution in [1.82, 2.24) is 10.3 Å². The second-order valence-corrected chi connectivity index (χ2v) is 31.4. The minimum Gasteiger partial charge on any atom is -0.508 e. The molecule has 0 saturated carbocycles. The number of ether oxygens (including phenoxy) is 5. The van der Waals surface area contributed by atoms with Crippen LogP contribution in [0, 0.1) is 41.5 Å². The first-order valence-corrected chi connectivity index (χ1v) is 40.2. The largest absolute Gasteiger partial charge is 0.508 e. The Balaban J connectivity index is 0.000000183. The van der Waals surface area contributed by atoms with E-state index in [1.165, 1.54) is 23.3 Å². The van der Waals surface area contributed by atoms with Gasteiger partial charge in [-0.2, -0.15) is 13.2 Å². The number of hydrogen-bond donors (Lipinski definition) is 5. The summed E-state index contributed by atoms with van der Waals surface area (Å²) in [6.07, 6.45) is 3.16. The number of carbonyl (C=O) groups excluding carboxylic acids is 1. The number of phenols is 4. The lowest BCUT2D eigenvalue weighted by Crippen LogP contribution is -2.22. The quantitative estimate of drug-likeness (QED) is 0.0405. The fraction of sp³-hybridized carbons (Fsp3) is 0.204. The molecule has 1 aromatic heterocycles. The monoisotopic (exact) mass is 1860 g/mol. The third-order valence-electron chi connectivity index (χ3n) is 18.1. The van der Waals surface area contributed by atoms with E-state index >= 15 is 0 Å². The molecule has 23 heteroatoms. The van der Waals surface area contributed by atoms with Gasteiger partial charge in [-0.1, -0.05) is 174 Å². The van der Waals surface area contributed by atoms with Crippen molar-refractivity contribution in [3.05, 3.63) is 357 Å². The molecule has 0 saturated heterocycles. The number of aliphatic imine (C=N–C) groups is 2. The molecule has 12 aromatic rings. The number of phenolic OH excluding ortho intramolecular Hbond substituents is 4. The summed E-state index contributed by atoms with van der Waals surface area (Å²) in [5.41, 5.74) is 18.3. The number of aromatic hydroxyl groups is 4. The predicted molar refractivity (Wildman–Crippen MR) is 474 cm³/mol. The molecule has 116 heavy (non-hydrogen) atoms. The van der Waals surface area contributed by atoms with Crippen LogP contribution >= 0.6 is 86.9 Å². The second-order valence-electron chi connectivity index (χ2n) is 27.0. The van der Waals surface area contributed by atoms with Gasteiger partial charge in [-0.3, -0.25) is 19.8 Å². The normalized spacial score (nSPS) is 10.9. The van der Waals surface area contributed by atoms with Crippen LogP contribution in [0.3, 0.4) is 0 Å². The van der Waals surface area contributed by atoms with E-state index in [0.717, 1.165) is 144 Å². The summed E-state index contributed by atoms with van der Waals surface area (Å²) in [6.45, 7) is 13.4. The zero-order valence-electron chi connectivity index (χ0n) is 65.8. The summed E-state index contributed by atoms with van der Waals surface area (Å²) >= 11 is 25.9. The Morgan fingerprint density at radius 1 is 0.448 bits per heavy atom. The molecule has 5 N–H and O–H groups in total. The lowest BCUT2D eigenvalue weighted by atomic mass is 9.94. The molecule has 12 rings (SSSR count). The van der Waals surface area contributed by atoms with Crippen LogP contribution in [0.25, 0.3) is 0 Å². The third-order valence-corrected chi connectivity index (χ3v) is 20.7. The van der Waals surface area contributed by atoms with Crippen molar-refractivity contribution in [1.29, 1.82) is 0 Å². The van der Waals surface area contributed by atoms with E-state index < -0.39 is 11.7 Å². The van der Waals surface area contributed by atoms with Crippen molar-refractivity contribution >= 4 is 105 Å². The van der Waals surface area contributed by atoms with Gasteiger partial charge >= 0.3 is 6.18 Å². The molecule has 0 aliphatic rings.